The molecule has 1 heterocycles. The van der Waals surface area contributed by atoms with E-state index in [0.717, 1.165) is 30.8 Å². The molecule has 3 heteroatoms. The van der Waals surface area contributed by atoms with Crippen molar-refractivity contribution >= 4 is 5.97 Å². The lowest BCUT2D eigenvalue weighted by Gasteiger charge is -2.73. The van der Waals surface area contributed by atoms with Gasteiger partial charge in [-0.2, -0.15) is 0 Å². The Morgan fingerprint density at radius 3 is 2.20 bits per heavy atom. The molecule has 1 aliphatic heterocycles. The van der Waals surface area contributed by atoms with E-state index in [1.54, 1.807) is 6.92 Å². The summed E-state index contributed by atoms with van der Waals surface area (Å²) in [5, 5.41) is 0. The first-order chi connectivity index (χ1) is 16.2. The first-order valence-corrected chi connectivity index (χ1v) is 15.0. The van der Waals surface area contributed by atoms with Gasteiger partial charge in [-0.15, -0.1) is 0 Å². The summed E-state index contributed by atoms with van der Waals surface area (Å²) in [6, 6.07) is 0. The van der Waals surface area contributed by atoms with Crippen LogP contribution in [0.15, 0.2) is 0 Å². The van der Waals surface area contributed by atoms with Gasteiger partial charge in [-0.05, 0) is 115 Å². The Morgan fingerprint density at radius 1 is 0.771 bits per heavy atom. The first-order valence-electron chi connectivity index (χ1n) is 15.0. The van der Waals surface area contributed by atoms with Gasteiger partial charge in [-0.25, -0.2) is 0 Å². The Kier molecular flexibility index (Phi) is 5.16. The van der Waals surface area contributed by atoms with Crippen molar-refractivity contribution in [3.05, 3.63) is 0 Å². The van der Waals surface area contributed by atoms with Crippen molar-refractivity contribution in [1.29, 1.82) is 0 Å². The van der Waals surface area contributed by atoms with Crippen LogP contribution in [0.3, 0.4) is 0 Å². The Labute approximate surface area is 214 Å². The Balaban J connectivity index is 1.35. The highest BCUT2D eigenvalue weighted by molar-refractivity contribution is 5.66. The zero-order valence-corrected chi connectivity index (χ0v) is 24.0. The standard InChI is InChI=1S/C32H52O3/c1-20(33)35-24-12-13-29(6)22(28(24,4)5)11-14-31(8)23(29)10-9-21-25-26-27(2,3)15-17-32(25,19-34-26)18-16-30(21,31)7/h21-26H,9-19H2,1-8H3/t21-,22+,23+,24-,25-,26+,29-,30+,31+,32+/m0/s1. The van der Waals surface area contributed by atoms with Crippen molar-refractivity contribution in [3.8, 4) is 0 Å². The normalized spacial score (nSPS) is 55.7. The van der Waals surface area contributed by atoms with Crippen LogP contribution >= 0.6 is 0 Å². The van der Waals surface area contributed by atoms with Crippen molar-refractivity contribution in [2.75, 3.05) is 6.61 Å². The molecule has 2 bridgehead atoms. The van der Waals surface area contributed by atoms with Gasteiger partial charge < -0.3 is 9.47 Å². The average molecular weight is 485 g/mol. The van der Waals surface area contributed by atoms with Gasteiger partial charge in [0.1, 0.15) is 6.10 Å². The largest absolute Gasteiger partial charge is 0.462 e. The second-order valence-corrected chi connectivity index (χ2v) is 16.2. The van der Waals surface area contributed by atoms with Crippen LogP contribution in [0.25, 0.3) is 0 Å². The van der Waals surface area contributed by atoms with Gasteiger partial charge in [0, 0.05) is 12.3 Å². The summed E-state index contributed by atoms with van der Waals surface area (Å²) in [6.07, 6.45) is 13.7. The number of fused-ring (bicyclic) bond motifs is 5. The maximum Gasteiger partial charge on any atom is 0.302 e. The van der Waals surface area contributed by atoms with Crippen LogP contribution in [0.2, 0.25) is 0 Å². The Bertz CT molecular complexity index is 906. The van der Waals surface area contributed by atoms with Crippen LogP contribution in [0, 0.1) is 56.2 Å². The maximum absolute atomic E-state index is 11.9. The van der Waals surface area contributed by atoms with Crippen LogP contribution in [-0.4, -0.2) is 24.8 Å². The molecule has 1 saturated heterocycles. The van der Waals surface area contributed by atoms with Crippen molar-refractivity contribution < 1.29 is 14.3 Å². The fourth-order valence-corrected chi connectivity index (χ4v) is 12.4. The molecule has 0 radical (unpaired) electrons. The number of hydrogen-bond acceptors (Lipinski definition) is 3. The van der Waals surface area contributed by atoms with E-state index < -0.39 is 0 Å². The van der Waals surface area contributed by atoms with E-state index in [1.807, 2.05) is 0 Å². The smallest absolute Gasteiger partial charge is 0.302 e. The average Bonchev–Trinajstić information content (AvgIpc) is 3.10. The van der Waals surface area contributed by atoms with E-state index in [1.165, 1.54) is 57.8 Å². The minimum Gasteiger partial charge on any atom is -0.462 e. The highest BCUT2D eigenvalue weighted by Crippen LogP contribution is 2.78. The van der Waals surface area contributed by atoms with E-state index in [9.17, 15) is 4.79 Å². The van der Waals surface area contributed by atoms with Crippen LogP contribution in [0.4, 0.5) is 0 Å². The van der Waals surface area contributed by atoms with Crippen LogP contribution in [0.1, 0.15) is 120 Å². The highest BCUT2D eigenvalue weighted by Gasteiger charge is 2.72. The maximum atomic E-state index is 11.9. The minimum atomic E-state index is -0.108. The van der Waals surface area contributed by atoms with Crippen molar-refractivity contribution in [3.63, 3.8) is 0 Å². The molecule has 0 N–H and O–H groups in total. The predicted molar refractivity (Wildman–Crippen MR) is 140 cm³/mol. The molecule has 6 rings (SSSR count). The molecule has 10 atom stereocenters. The lowest BCUT2D eigenvalue weighted by molar-refractivity contribution is -0.254. The summed E-state index contributed by atoms with van der Waals surface area (Å²) in [5.41, 5.74) is 2.00. The summed E-state index contributed by atoms with van der Waals surface area (Å²) in [7, 11) is 0. The molecule has 6 fully saturated rings. The van der Waals surface area contributed by atoms with Gasteiger partial charge in [-0.3, -0.25) is 4.79 Å². The summed E-state index contributed by atoms with van der Waals surface area (Å²) in [5.74, 6) is 2.88. The molecule has 0 aromatic heterocycles. The fourth-order valence-electron chi connectivity index (χ4n) is 12.4. The van der Waals surface area contributed by atoms with E-state index in [0.29, 0.717) is 39.1 Å². The molecule has 0 aromatic carbocycles. The molecule has 5 aliphatic carbocycles. The monoisotopic (exact) mass is 484 g/mol. The van der Waals surface area contributed by atoms with Crippen molar-refractivity contribution in [2.45, 2.75) is 132 Å². The quantitative estimate of drug-likeness (QED) is 0.356. The van der Waals surface area contributed by atoms with E-state index in [-0.39, 0.29) is 17.5 Å². The molecule has 0 amide bonds. The zero-order valence-electron chi connectivity index (χ0n) is 24.0. The number of carbonyl (C=O) groups is 1. The molecule has 0 unspecified atom stereocenters. The van der Waals surface area contributed by atoms with Gasteiger partial charge in [-0.1, -0.05) is 48.5 Å². The molecule has 6 aliphatic rings. The van der Waals surface area contributed by atoms with Gasteiger partial charge in [0.15, 0.2) is 0 Å². The van der Waals surface area contributed by atoms with Gasteiger partial charge in [0.25, 0.3) is 0 Å². The summed E-state index contributed by atoms with van der Waals surface area (Å²) in [6.45, 7) is 20.5. The molecular weight excluding hydrogens is 432 g/mol. The molecule has 35 heavy (non-hydrogen) atoms. The second-order valence-electron chi connectivity index (χ2n) is 16.2. The van der Waals surface area contributed by atoms with Crippen LogP contribution in [-0.2, 0) is 14.3 Å². The number of esters is 1. The molecule has 5 saturated carbocycles. The van der Waals surface area contributed by atoms with Crippen LogP contribution in [0.5, 0.6) is 0 Å². The minimum absolute atomic E-state index is 0.0503. The Hall–Kier alpha value is -0.570. The van der Waals surface area contributed by atoms with E-state index in [2.05, 4.69) is 48.5 Å². The third kappa shape index (κ3) is 2.97. The number of carbonyl (C=O) groups excluding carboxylic acids is 1. The lowest BCUT2D eigenvalue weighted by Crippen LogP contribution is -2.67. The third-order valence-electron chi connectivity index (χ3n) is 14.4. The summed E-state index contributed by atoms with van der Waals surface area (Å²) >= 11 is 0. The topological polar surface area (TPSA) is 35.5 Å². The van der Waals surface area contributed by atoms with Crippen molar-refractivity contribution in [2.24, 2.45) is 56.2 Å². The van der Waals surface area contributed by atoms with Gasteiger partial charge in [0.2, 0.25) is 0 Å². The SMILES string of the molecule is CC(=O)O[C@H]1CC[C@@]2(C)[C@H](CC[C@]3(C)[C@@H]2CC[C@H]2[C@H]4[C@H]5OC[C@@]4(CCC5(C)C)CC[C@]23C)C1(C)C. The molecule has 3 nitrogen and oxygen atoms in total. The highest BCUT2D eigenvalue weighted by atomic mass is 16.5. The Morgan fingerprint density at radius 2 is 1.49 bits per heavy atom. The van der Waals surface area contributed by atoms with E-state index in [4.69, 9.17) is 9.47 Å². The van der Waals surface area contributed by atoms with E-state index >= 15 is 0 Å². The molecule has 0 aromatic rings. The second kappa shape index (κ2) is 7.29. The fraction of sp³-hybridized carbons (Fsp3) is 0.969. The number of ether oxygens (including phenoxy) is 2. The van der Waals surface area contributed by atoms with Crippen molar-refractivity contribution in [1.82, 2.24) is 0 Å². The predicted octanol–water partition coefficient (Wildman–Crippen LogP) is 7.81. The molecule has 0 spiro atoms. The third-order valence-corrected chi connectivity index (χ3v) is 14.4. The summed E-state index contributed by atoms with van der Waals surface area (Å²) in [4.78, 5) is 11.9. The molecular formula is C32H52O3. The van der Waals surface area contributed by atoms with Crippen LogP contribution < -0.4 is 0 Å². The van der Waals surface area contributed by atoms with Gasteiger partial charge >= 0.3 is 5.97 Å². The lowest BCUT2D eigenvalue weighted by atomic mass is 9.31. The zero-order chi connectivity index (χ0) is 25.2. The number of rotatable bonds is 1. The number of hydrogen-bond donors (Lipinski definition) is 0. The van der Waals surface area contributed by atoms with Gasteiger partial charge in [0.05, 0.1) is 12.7 Å². The summed E-state index contributed by atoms with van der Waals surface area (Å²) < 4.78 is 12.7. The molecule has 198 valence electrons. The first kappa shape index (κ1) is 24.7.